The zero-order valence-corrected chi connectivity index (χ0v) is 10.7. The summed E-state index contributed by atoms with van der Waals surface area (Å²) in [6.07, 6.45) is 4.59. The number of nitrogens with two attached hydrogens (primary N) is 1. The summed E-state index contributed by atoms with van der Waals surface area (Å²) in [6, 6.07) is 9.53. The molecule has 18 heavy (non-hydrogen) atoms. The topological polar surface area (TPSA) is 53.1 Å². The molecule has 1 saturated carbocycles. The molecule has 0 spiro atoms. The lowest BCUT2D eigenvalue weighted by Gasteiger charge is -2.35. The Morgan fingerprint density at radius 2 is 2.11 bits per heavy atom. The highest BCUT2D eigenvalue weighted by atomic mass is 15.2. The van der Waals surface area contributed by atoms with E-state index in [9.17, 15) is 0 Å². The van der Waals surface area contributed by atoms with Crippen LogP contribution in [0.3, 0.4) is 0 Å². The molecular weight excluding hydrogens is 222 g/mol. The van der Waals surface area contributed by atoms with Crippen molar-refractivity contribution in [3.63, 3.8) is 0 Å². The minimum atomic E-state index is 0.314. The van der Waals surface area contributed by atoms with E-state index in [1.165, 1.54) is 30.4 Å². The van der Waals surface area contributed by atoms with Gasteiger partial charge in [0.05, 0.1) is 5.84 Å². The van der Waals surface area contributed by atoms with Crippen LogP contribution in [-0.4, -0.2) is 29.9 Å². The van der Waals surface area contributed by atoms with Crippen molar-refractivity contribution in [2.45, 2.75) is 37.6 Å². The Labute approximate surface area is 108 Å². The minimum absolute atomic E-state index is 0.314. The number of nitrogens with one attached hydrogen (secondary N) is 1. The quantitative estimate of drug-likeness (QED) is 0.594. The lowest BCUT2D eigenvalue weighted by atomic mass is 9.77. The zero-order valence-electron chi connectivity index (χ0n) is 10.7. The second kappa shape index (κ2) is 4.73. The molecule has 2 aliphatic carbocycles. The van der Waals surface area contributed by atoms with Gasteiger partial charge in [-0.1, -0.05) is 24.3 Å². The van der Waals surface area contributed by atoms with Crippen molar-refractivity contribution < 1.29 is 0 Å². The van der Waals surface area contributed by atoms with Gasteiger partial charge >= 0.3 is 0 Å². The zero-order chi connectivity index (χ0) is 12.5. The van der Waals surface area contributed by atoms with E-state index in [1.807, 2.05) is 0 Å². The Balaban J connectivity index is 1.59. The molecule has 3 nitrogen and oxygen atoms in total. The first-order valence-corrected chi connectivity index (χ1v) is 6.89. The number of fused-ring (bicyclic) bond motifs is 1. The number of hydrogen-bond acceptors (Lipinski definition) is 2. The van der Waals surface area contributed by atoms with Crippen LogP contribution in [0.25, 0.3) is 0 Å². The second-order valence-electron chi connectivity index (χ2n) is 5.60. The standard InChI is InChI=1S/C15H21N3/c16-15(17)7-8-18(13-5-6-13)10-12-9-11-3-1-2-4-14(11)12/h1-4,12-13H,5-10H2,(H3,16,17). The van der Waals surface area contributed by atoms with Crippen molar-refractivity contribution in [2.24, 2.45) is 5.73 Å². The summed E-state index contributed by atoms with van der Waals surface area (Å²) >= 11 is 0. The smallest absolute Gasteiger partial charge is 0.0918 e. The van der Waals surface area contributed by atoms with Gasteiger partial charge in [0.25, 0.3) is 0 Å². The number of amidine groups is 1. The van der Waals surface area contributed by atoms with Gasteiger partial charge in [0.1, 0.15) is 0 Å². The molecule has 1 fully saturated rings. The predicted molar refractivity (Wildman–Crippen MR) is 74.0 cm³/mol. The molecule has 1 unspecified atom stereocenters. The molecule has 0 amide bonds. The largest absolute Gasteiger partial charge is 0.388 e. The third kappa shape index (κ3) is 2.41. The summed E-state index contributed by atoms with van der Waals surface area (Å²) in [5.41, 5.74) is 8.52. The maximum Gasteiger partial charge on any atom is 0.0918 e. The van der Waals surface area contributed by atoms with Gasteiger partial charge in [-0.15, -0.1) is 0 Å². The number of nitrogens with zero attached hydrogens (tertiary/aromatic N) is 1. The first kappa shape index (κ1) is 11.7. The van der Waals surface area contributed by atoms with Gasteiger partial charge < -0.3 is 5.73 Å². The van der Waals surface area contributed by atoms with Crippen molar-refractivity contribution in [2.75, 3.05) is 13.1 Å². The fourth-order valence-corrected chi connectivity index (χ4v) is 2.94. The number of hydrogen-bond donors (Lipinski definition) is 2. The summed E-state index contributed by atoms with van der Waals surface area (Å²) in [7, 11) is 0. The van der Waals surface area contributed by atoms with Crippen molar-refractivity contribution in [1.29, 1.82) is 5.41 Å². The molecule has 0 bridgehead atoms. The average molecular weight is 243 g/mol. The highest BCUT2D eigenvalue weighted by Crippen LogP contribution is 2.37. The van der Waals surface area contributed by atoms with Crippen LogP contribution in [0.1, 0.15) is 36.3 Å². The lowest BCUT2D eigenvalue weighted by Crippen LogP contribution is -2.36. The maximum absolute atomic E-state index is 7.36. The SMILES string of the molecule is N=C(N)CCN(CC1Cc2ccccc21)C1CC1. The van der Waals surface area contributed by atoms with E-state index in [4.69, 9.17) is 11.1 Å². The summed E-state index contributed by atoms with van der Waals surface area (Å²) in [5, 5.41) is 7.36. The maximum atomic E-state index is 7.36. The first-order valence-electron chi connectivity index (χ1n) is 6.89. The van der Waals surface area contributed by atoms with E-state index < -0.39 is 0 Å². The fourth-order valence-electron chi connectivity index (χ4n) is 2.94. The Kier molecular flexibility index (Phi) is 3.08. The van der Waals surface area contributed by atoms with E-state index in [2.05, 4.69) is 29.2 Å². The van der Waals surface area contributed by atoms with Crippen LogP contribution in [0.5, 0.6) is 0 Å². The fraction of sp³-hybridized carbons (Fsp3) is 0.533. The molecule has 3 heteroatoms. The van der Waals surface area contributed by atoms with E-state index in [0.29, 0.717) is 18.2 Å². The van der Waals surface area contributed by atoms with Crippen LogP contribution < -0.4 is 5.73 Å². The van der Waals surface area contributed by atoms with Crippen LogP contribution in [0.2, 0.25) is 0 Å². The van der Waals surface area contributed by atoms with Gasteiger partial charge in [0.2, 0.25) is 0 Å². The molecule has 0 saturated heterocycles. The molecule has 1 aromatic carbocycles. The van der Waals surface area contributed by atoms with E-state index in [0.717, 1.165) is 19.1 Å². The molecule has 0 aliphatic heterocycles. The minimum Gasteiger partial charge on any atom is -0.388 e. The van der Waals surface area contributed by atoms with Crippen molar-refractivity contribution >= 4 is 5.84 Å². The van der Waals surface area contributed by atoms with Crippen LogP contribution >= 0.6 is 0 Å². The van der Waals surface area contributed by atoms with E-state index >= 15 is 0 Å². The Bertz CT molecular complexity index is 451. The third-order valence-corrected chi connectivity index (χ3v) is 4.15. The molecule has 1 aromatic rings. The van der Waals surface area contributed by atoms with Gasteiger partial charge in [-0.05, 0) is 30.4 Å². The van der Waals surface area contributed by atoms with E-state index in [1.54, 1.807) is 0 Å². The Hall–Kier alpha value is -1.35. The Morgan fingerprint density at radius 1 is 1.33 bits per heavy atom. The summed E-state index contributed by atoms with van der Waals surface area (Å²) in [6.45, 7) is 2.10. The van der Waals surface area contributed by atoms with E-state index in [-0.39, 0.29) is 0 Å². The van der Waals surface area contributed by atoms with Gasteiger partial charge in [-0.3, -0.25) is 10.3 Å². The Morgan fingerprint density at radius 3 is 2.78 bits per heavy atom. The highest BCUT2D eigenvalue weighted by molar-refractivity contribution is 5.76. The van der Waals surface area contributed by atoms with Gasteiger partial charge in [-0.25, -0.2) is 0 Å². The lowest BCUT2D eigenvalue weighted by molar-refractivity contribution is 0.244. The second-order valence-corrected chi connectivity index (χ2v) is 5.60. The van der Waals surface area contributed by atoms with Crippen molar-refractivity contribution in [3.8, 4) is 0 Å². The molecule has 0 heterocycles. The third-order valence-electron chi connectivity index (χ3n) is 4.15. The molecule has 0 radical (unpaired) electrons. The van der Waals surface area contributed by atoms with Gasteiger partial charge in [-0.2, -0.15) is 0 Å². The molecule has 0 aromatic heterocycles. The average Bonchev–Trinajstić information content (AvgIpc) is 3.13. The van der Waals surface area contributed by atoms with Crippen LogP contribution in [0, 0.1) is 5.41 Å². The molecule has 1 atom stereocenters. The highest BCUT2D eigenvalue weighted by Gasteiger charge is 2.33. The number of benzene rings is 1. The number of rotatable bonds is 6. The van der Waals surface area contributed by atoms with Gasteiger partial charge in [0, 0.05) is 31.5 Å². The summed E-state index contributed by atoms with van der Waals surface area (Å²) in [5.74, 6) is 1.02. The van der Waals surface area contributed by atoms with Gasteiger partial charge in [0.15, 0.2) is 0 Å². The summed E-state index contributed by atoms with van der Waals surface area (Å²) in [4.78, 5) is 2.54. The first-order chi connectivity index (χ1) is 8.74. The monoisotopic (exact) mass is 243 g/mol. The normalized spacial score (nSPS) is 21.5. The summed E-state index contributed by atoms with van der Waals surface area (Å²) < 4.78 is 0. The van der Waals surface area contributed by atoms with Crippen molar-refractivity contribution in [1.82, 2.24) is 4.90 Å². The van der Waals surface area contributed by atoms with Crippen LogP contribution in [0.15, 0.2) is 24.3 Å². The molecule has 96 valence electrons. The molecular formula is C15H21N3. The predicted octanol–water partition coefficient (Wildman–Crippen LogP) is 2.12. The molecule has 3 rings (SSSR count). The molecule has 3 N–H and O–H groups in total. The van der Waals surface area contributed by atoms with Crippen molar-refractivity contribution in [3.05, 3.63) is 35.4 Å². The molecule has 2 aliphatic rings. The van der Waals surface area contributed by atoms with Crippen LogP contribution in [0.4, 0.5) is 0 Å². The van der Waals surface area contributed by atoms with Crippen LogP contribution in [-0.2, 0) is 6.42 Å².